The number of ether oxygens (including phenoxy) is 3. The zero-order valence-corrected chi connectivity index (χ0v) is 16.3. The fourth-order valence-corrected chi connectivity index (χ4v) is 2.47. The van der Waals surface area contributed by atoms with Gasteiger partial charge in [-0.1, -0.05) is 6.07 Å². The first-order valence-electron chi connectivity index (χ1n) is 8.70. The van der Waals surface area contributed by atoms with Gasteiger partial charge < -0.3 is 19.5 Å². The maximum atomic E-state index is 12.7. The molecule has 0 bridgehead atoms. The van der Waals surface area contributed by atoms with Crippen molar-refractivity contribution in [1.82, 2.24) is 0 Å². The van der Waals surface area contributed by atoms with Crippen molar-refractivity contribution in [2.24, 2.45) is 0 Å². The highest BCUT2D eigenvalue weighted by Crippen LogP contribution is 2.35. The van der Waals surface area contributed by atoms with E-state index in [0.717, 1.165) is 24.3 Å². The number of anilines is 1. The summed E-state index contributed by atoms with van der Waals surface area (Å²) in [4.78, 5) is 34.7. The van der Waals surface area contributed by atoms with Crippen LogP contribution in [0.5, 0.6) is 11.5 Å². The molecule has 0 aliphatic carbocycles. The first-order chi connectivity index (χ1) is 14.6. The van der Waals surface area contributed by atoms with Gasteiger partial charge >= 0.3 is 12.1 Å². The summed E-state index contributed by atoms with van der Waals surface area (Å²) in [5, 5.41) is 13.4. The summed E-state index contributed by atoms with van der Waals surface area (Å²) >= 11 is 0. The van der Waals surface area contributed by atoms with E-state index in [1.54, 1.807) is 6.92 Å². The van der Waals surface area contributed by atoms with Crippen LogP contribution in [0.15, 0.2) is 36.4 Å². The Balaban J connectivity index is 2.14. The number of carbonyl (C=O) groups is 2. The number of benzene rings is 2. The number of amides is 1. The number of halogens is 3. The van der Waals surface area contributed by atoms with Crippen molar-refractivity contribution in [3.05, 3.63) is 57.6 Å². The Hall–Kier alpha value is -3.83. The maximum Gasteiger partial charge on any atom is 0.416 e. The van der Waals surface area contributed by atoms with Gasteiger partial charge in [-0.3, -0.25) is 14.9 Å². The first kappa shape index (κ1) is 23.4. The minimum absolute atomic E-state index is 0.0207. The second kappa shape index (κ2) is 9.78. The molecule has 0 unspecified atom stereocenters. The van der Waals surface area contributed by atoms with Gasteiger partial charge in [-0.05, 0) is 25.1 Å². The molecule has 1 N–H and O–H groups in total. The lowest BCUT2D eigenvalue weighted by Gasteiger charge is -2.12. The van der Waals surface area contributed by atoms with Gasteiger partial charge in [-0.2, -0.15) is 13.2 Å². The number of nitro groups is 1. The van der Waals surface area contributed by atoms with E-state index in [2.05, 4.69) is 5.32 Å². The van der Waals surface area contributed by atoms with Crippen LogP contribution in [0.1, 0.15) is 22.8 Å². The number of nitrogens with one attached hydrogen (secondary N) is 1. The largest absolute Gasteiger partial charge is 0.493 e. The molecule has 12 heteroatoms. The van der Waals surface area contributed by atoms with Crippen molar-refractivity contribution in [3.63, 3.8) is 0 Å². The van der Waals surface area contributed by atoms with E-state index in [1.165, 1.54) is 13.2 Å². The number of esters is 1. The summed E-state index contributed by atoms with van der Waals surface area (Å²) in [5.74, 6) is -2.06. The third kappa shape index (κ3) is 6.07. The molecule has 0 saturated heterocycles. The van der Waals surface area contributed by atoms with E-state index in [0.29, 0.717) is 6.07 Å². The van der Waals surface area contributed by atoms with Gasteiger partial charge in [0.25, 0.3) is 11.6 Å². The number of nitro benzene ring substituents is 1. The zero-order valence-electron chi connectivity index (χ0n) is 16.3. The van der Waals surface area contributed by atoms with Crippen LogP contribution in [0.25, 0.3) is 0 Å². The van der Waals surface area contributed by atoms with Gasteiger partial charge in [0, 0.05) is 11.8 Å². The molecule has 2 aromatic rings. The van der Waals surface area contributed by atoms with Crippen LogP contribution >= 0.6 is 0 Å². The lowest BCUT2D eigenvalue weighted by atomic mass is 10.1. The number of rotatable bonds is 8. The average molecular weight is 442 g/mol. The van der Waals surface area contributed by atoms with Crippen LogP contribution in [0.4, 0.5) is 24.5 Å². The van der Waals surface area contributed by atoms with Crippen molar-refractivity contribution < 1.29 is 41.9 Å². The van der Waals surface area contributed by atoms with Crippen molar-refractivity contribution in [2.45, 2.75) is 13.1 Å². The fourth-order valence-electron chi connectivity index (χ4n) is 2.47. The number of alkyl halides is 3. The number of carbonyl (C=O) groups excluding carboxylic acids is 2. The van der Waals surface area contributed by atoms with E-state index < -0.39 is 46.4 Å². The highest BCUT2D eigenvalue weighted by molar-refractivity contribution is 5.98. The summed E-state index contributed by atoms with van der Waals surface area (Å²) < 4.78 is 53.3. The standard InChI is InChI=1S/C19H17F3N2O7/c1-3-30-16-8-13(14(24(27)28)9-15(16)29-2)18(26)31-10-17(25)23-12-6-4-5-11(7-12)19(20,21)22/h4-9H,3,10H2,1-2H3,(H,23,25). The molecule has 2 rings (SSSR count). The molecular formula is C19H17F3N2O7. The molecule has 0 aromatic heterocycles. The molecule has 166 valence electrons. The van der Waals surface area contributed by atoms with E-state index in [1.807, 2.05) is 0 Å². The van der Waals surface area contributed by atoms with Gasteiger partial charge in [0.05, 0.1) is 30.3 Å². The second-order valence-electron chi connectivity index (χ2n) is 5.91. The lowest BCUT2D eigenvalue weighted by molar-refractivity contribution is -0.385. The van der Waals surface area contributed by atoms with Crippen molar-refractivity contribution in [2.75, 3.05) is 25.6 Å². The van der Waals surface area contributed by atoms with Gasteiger partial charge in [-0.25, -0.2) is 4.79 Å². The Bertz CT molecular complexity index is 993. The van der Waals surface area contributed by atoms with Gasteiger partial charge in [0.2, 0.25) is 0 Å². The van der Waals surface area contributed by atoms with Crippen molar-refractivity contribution in [3.8, 4) is 11.5 Å². The van der Waals surface area contributed by atoms with E-state index in [4.69, 9.17) is 14.2 Å². The molecule has 0 aliphatic rings. The molecule has 31 heavy (non-hydrogen) atoms. The van der Waals surface area contributed by atoms with E-state index in [9.17, 15) is 32.9 Å². The van der Waals surface area contributed by atoms with E-state index >= 15 is 0 Å². The third-order valence-electron chi connectivity index (χ3n) is 3.81. The van der Waals surface area contributed by atoms with Crippen LogP contribution < -0.4 is 14.8 Å². The maximum absolute atomic E-state index is 12.7. The lowest BCUT2D eigenvalue weighted by Crippen LogP contribution is -2.21. The molecule has 0 heterocycles. The SMILES string of the molecule is CCOc1cc(C(=O)OCC(=O)Nc2cccc(C(F)(F)F)c2)c([N+](=O)[O-])cc1OC. The second-order valence-corrected chi connectivity index (χ2v) is 5.91. The van der Waals surface area contributed by atoms with Gasteiger partial charge in [0.15, 0.2) is 18.1 Å². The molecule has 0 saturated carbocycles. The van der Waals surface area contributed by atoms with Crippen molar-refractivity contribution in [1.29, 1.82) is 0 Å². The summed E-state index contributed by atoms with van der Waals surface area (Å²) in [6, 6.07) is 5.88. The monoisotopic (exact) mass is 442 g/mol. The number of nitrogens with zero attached hydrogens (tertiary/aromatic N) is 1. The van der Waals surface area contributed by atoms with Crippen molar-refractivity contribution >= 4 is 23.3 Å². The normalized spacial score (nSPS) is 10.9. The van der Waals surface area contributed by atoms with Gasteiger partial charge in [-0.15, -0.1) is 0 Å². The molecule has 0 aliphatic heterocycles. The molecule has 9 nitrogen and oxygen atoms in total. The Morgan fingerprint density at radius 2 is 1.87 bits per heavy atom. The smallest absolute Gasteiger partial charge is 0.416 e. The summed E-state index contributed by atoms with van der Waals surface area (Å²) in [7, 11) is 1.26. The van der Waals surface area contributed by atoms with Crippen LogP contribution in [0.3, 0.4) is 0 Å². The number of methoxy groups -OCH3 is 1. The Morgan fingerprint density at radius 1 is 1.16 bits per heavy atom. The molecule has 0 spiro atoms. The van der Waals surface area contributed by atoms with Gasteiger partial charge in [0.1, 0.15) is 5.56 Å². The first-order valence-corrected chi connectivity index (χ1v) is 8.70. The minimum Gasteiger partial charge on any atom is -0.493 e. The Kier molecular flexibility index (Phi) is 7.40. The summed E-state index contributed by atoms with van der Waals surface area (Å²) in [6.45, 7) is 0.946. The third-order valence-corrected chi connectivity index (χ3v) is 3.81. The predicted octanol–water partition coefficient (Wildman–Crippen LogP) is 3.82. The molecule has 0 radical (unpaired) electrons. The highest BCUT2D eigenvalue weighted by atomic mass is 19.4. The molecular weight excluding hydrogens is 425 g/mol. The topological polar surface area (TPSA) is 117 Å². The van der Waals surface area contributed by atoms with E-state index in [-0.39, 0.29) is 23.8 Å². The molecule has 0 atom stereocenters. The number of hydrogen-bond acceptors (Lipinski definition) is 7. The quantitative estimate of drug-likeness (QED) is 0.375. The molecule has 0 fully saturated rings. The fraction of sp³-hybridized carbons (Fsp3) is 0.263. The Labute approximate surface area is 173 Å². The highest BCUT2D eigenvalue weighted by Gasteiger charge is 2.30. The van der Waals surface area contributed by atoms with Crippen LogP contribution in [0.2, 0.25) is 0 Å². The number of hydrogen-bond donors (Lipinski definition) is 1. The van der Waals surface area contributed by atoms with Crippen LogP contribution in [-0.2, 0) is 15.7 Å². The predicted molar refractivity (Wildman–Crippen MR) is 101 cm³/mol. The summed E-state index contributed by atoms with van der Waals surface area (Å²) in [6.07, 6.45) is -4.60. The zero-order chi connectivity index (χ0) is 23.2. The van der Waals surface area contributed by atoms with Crippen LogP contribution in [0, 0.1) is 10.1 Å². The molecule has 2 aromatic carbocycles. The average Bonchev–Trinajstić information content (AvgIpc) is 2.71. The Morgan fingerprint density at radius 3 is 2.45 bits per heavy atom. The molecule has 1 amide bonds. The van der Waals surface area contributed by atoms with Crippen LogP contribution in [-0.4, -0.2) is 37.1 Å². The minimum atomic E-state index is -4.60. The summed E-state index contributed by atoms with van der Waals surface area (Å²) in [5.41, 5.74) is -2.26.